The van der Waals surface area contributed by atoms with Crippen molar-refractivity contribution >= 4 is 17.5 Å². The highest BCUT2D eigenvalue weighted by Crippen LogP contribution is 2.46. The van der Waals surface area contributed by atoms with Gasteiger partial charge in [-0.15, -0.1) is 0 Å². The molecule has 27 heavy (non-hydrogen) atoms. The highest BCUT2D eigenvalue weighted by molar-refractivity contribution is 5.91. The topological polar surface area (TPSA) is 95.1 Å². The minimum Gasteiger partial charge on any atom is -0.448 e. The summed E-state index contributed by atoms with van der Waals surface area (Å²) in [5, 5.41) is 2.94. The Balaban J connectivity index is 1.35. The lowest BCUT2D eigenvalue weighted by atomic mass is 9.94. The summed E-state index contributed by atoms with van der Waals surface area (Å²) in [5.74, 6) is 0.486. The average Bonchev–Trinajstić information content (AvgIpc) is 2.99. The number of ether oxygens (including phenoxy) is 2. The molecule has 146 valence electrons. The smallest absolute Gasteiger partial charge is 0.279 e. The molecule has 2 heterocycles. The maximum absolute atomic E-state index is 12.4. The zero-order chi connectivity index (χ0) is 18.9. The molecule has 7 nitrogen and oxygen atoms in total. The lowest BCUT2D eigenvalue weighted by Crippen LogP contribution is -3.14. The number of anilines is 1. The van der Waals surface area contributed by atoms with E-state index >= 15 is 0 Å². The predicted molar refractivity (Wildman–Crippen MR) is 99.6 cm³/mol. The van der Waals surface area contributed by atoms with Crippen LogP contribution in [0.15, 0.2) is 18.2 Å². The summed E-state index contributed by atoms with van der Waals surface area (Å²) >= 11 is 0. The fourth-order valence-electron chi connectivity index (χ4n) is 4.45. The summed E-state index contributed by atoms with van der Waals surface area (Å²) in [7, 11) is 0. The second-order valence-electron chi connectivity index (χ2n) is 8.01. The van der Waals surface area contributed by atoms with Crippen LogP contribution in [-0.2, 0) is 9.59 Å². The van der Waals surface area contributed by atoms with Gasteiger partial charge in [-0.05, 0) is 37.8 Å². The lowest BCUT2D eigenvalue weighted by Gasteiger charge is -2.31. The van der Waals surface area contributed by atoms with Crippen LogP contribution in [0.5, 0.6) is 11.5 Å². The molecule has 7 heteroatoms. The first-order valence-electron chi connectivity index (χ1n) is 9.98. The van der Waals surface area contributed by atoms with Gasteiger partial charge < -0.3 is 25.4 Å². The number of carbonyl (C=O) groups excluding carboxylic acids is 2. The second-order valence-corrected chi connectivity index (χ2v) is 8.01. The first-order valence-corrected chi connectivity index (χ1v) is 9.98. The molecular formula is C20H28N3O4+. The van der Waals surface area contributed by atoms with Crippen LogP contribution in [-0.4, -0.2) is 37.2 Å². The molecule has 0 bridgehead atoms. The number of primary amides is 1. The van der Waals surface area contributed by atoms with E-state index in [9.17, 15) is 9.59 Å². The molecule has 2 amide bonds. The molecule has 3 aliphatic rings. The fraction of sp³-hybridized carbons (Fsp3) is 0.600. The van der Waals surface area contributed by atoms with Gasteiger partial charge in [0.2, 0.25) is 5.91 Å². The molecule has 1 aliphatic carbocycles. The summed E-state index contributed by atoms with van der Waals surface area (Å²) in [6.45, 7) is 1.86. The van der Waals surface area contributed by atoms with E-state index in [1.54, 1.807) is 0 Å². The number of amides is 2. The van der Waals surface area contributed by atoms with E-state index in [4.69, 9.17) is 15.2 Å². The molecule has 0 aromatic heterocycles. The minimum atomic E-state index is -0.509. The number of likely N-dealkylation sites (tertiary alicyclic amines) is 1. The number of fused-ring (bicyclic) bond motifs is 1. The van der Waals surface area contributed by atoms with Crippen LogP contribution in [0.3, 0.4) is 0 Å². The number of benzene rings is 1. The third-order valence-corrected chi connectivity index (χ3v) is 5.87. The molecule has 1 saturated carbocycles. The summed E-state index contributed by atoms with van der Waals surface area (Å²) in [6.07, 6.45) is 7.00. The Morgan fingerprint density at radius 3 is 2.70 bits per heavy atom. The van der Waals surface area contributed by atoms with Gasteiger partial charge in [0.1, 0.15) is 0 Å². The van der Waals surface area contributed by atoms with Crippen molar-refractivity contribution in [2.45, 2.75) is 50.7 Å². The van der Waals surface area contributed by atoms with Gasteiger partial charge in [-0.3, -0.25) is 9.59 Å². The minimum absolute atomic E-state index is 0.0682. The molecule has 2 atom stereocenters. The Morgan fingerprint density at radius 1 is 1.15 bits per heavy atom. The molecule has 2 fully saturated rings. The zero-order valence-corrected chi connectivity index (χ0v) is 15.6. The highest BCUT2D eigenvalue weighted by Gasteiger charge is 2.42. The zero-order valence-electron chi connectivity index (χ0n) is 15.6. The Labute approximate surface area is 159 Å². The van der Waals surface area contributed by atoms with Crippen molar-refractivity contribution < 1.29 is 24.0 Å². The van der Waals surface area contributed by atoms with Gasteiger partial charge in [0, 0.05) is 24.6 Å². The van der Waals surface area contributed by atoms with E-state index in [0.29, 0.717) is 24.5 Å². The molecule has 1 aromatic rings. The van der Waals surface area contributed by atoms with Crippen molar-refractivity contribution in [3.05, 3.63) is 18.2 Å². The number of hydrogen-bond donors (Lipinski definition) is 3. The van der Waals surface area contributed by atoms with Crippen molar-refractivity contribution in [1.82, 2.24) is 0 Å². The summed E-state index contributed by atoms with van der Waals surface area (Å²) in [5.41, 5.74) is 6.12. The third-order valence-electron chi connectivity index (χ3n) is 5.87. The van der Waals surface area contributed by atoms with Crippen LogP contribution < -0.4 is 25.4 Å². The van der Waals surface area contributed by atoms with Gasteiger partial charge in [-0.2, -0.15) is 0 Å². The SMILES string of the molecule is NC(=O)[C@H]1CCC[NH+](CC(=O)Nc2ccc3c(c2)OC2(CCCCC2)O3)C1. The highest BCUT2D eigenvalue weighted by atomic mass is 16.7. The molecule has 1 aromatic carbocycles. The van der Waals surface area contributed by atoms with E-state index in [1.165, 1.54) is 6.42 Å². The monoisotopic (exact) mass is 374 g/mol. The van der Waals surface area contributed by atoms with E-state index in [1.807, 2.05) is 18.2 Å². The second kappa shape index (κ2) is 7.38. The maximum atomic E-state index is 12.4. The van der Waals surface area contributed by atoms with E-state index in [0.717, 1.165) is 55.7 Å². The molecule has 1 saturated heterocycles. The standard InChI is InChI=1S/C20H27N3O4/c21-19(25)14-5-4-10-23(12-14)13-18(24)22-15-6-7-16-17(11-15)27-20(26-16)8-2-1-3-9-20/h6-7,11,14H,1-5,8-10,12-13H2,(H2,21,25)(H,22,24)/p+1/t14-/m0/s1. The van der Waals surface area contributed by atoms with Gasteiger partial charge in [-0.25, -0.2) is 0 Å². The van der Waals surface area contributed by atoms with E-state index < -0.39 is 5.79 Å². The van der Waals surface area contributed by atoms with E-state index in [2.05, 4.69) is 5.32 Å². The Bertz CT molecular complexity index is 730. The van der Waals surface area contributed by atoms with Crippen molar-refractivity contribution in [3.8, 4) is 11.5 Å². The summed E-state index contributed by atoms with van der Waals surface area (Å²) in [6, 6.07) is 5.55. The summed E-state index contributed by atoms with van der Waals surface area (Å²) < 4.78 is 12.2. The van der Waals surface area contributed by atoms with Crippen LogP contribution in [0.4, 0.5) is 5.69 Å². The van der Waals surface area contributed by atoms with Crippen molar-refractivity contribution in [3.63, 3.8) is 0 Å². The first kappa shape index (κ1) is 18.1. The third kappa shape index (κ3) is 4.03. The van der Waals surface area contributed by atoms with Crippen LogP contribution in [0, 0.1) is 5.92 Å². The van der Waals surface area contributed by atoms with Crippen molar-refractivity contribution in [2.24, 2.45) is 11.7 Å². The largest absolute Gasteiger partial charge is 0.448 e. The molecule has 0 radical (unpaired) electrons. The number of quaternary nitrogens is 1. The molecule has 4 rings (SSSR count). The van der Waals surface area contributed by atoms with Crippen molar-refractivity contribution in [2.75, 3.05) is 25.0 Å². The van der Waals surface area contributed by atoms with E-state index in [-0.39, 0.29) is 17.7 Å². The number of piperidine rings is 1. The normalized spacial score (nSPS) is 25.9. The molecule has 4 N–H and O–H groups in total. The number of nitrogens with two attached hydrogens (primary N) is 1. The number of nitrogens with one attached hydrogen (secondary N) is 2. The first-order chi connectivity index (χ1) is 13.0. The van der Waals surface area contributed by atoms with Gasteiger partial charge in [0.05, 0.1) is 19.0 Å². The van der Waals surface area contributed by atoms with Crippen molar-refractivity contribution in [1.29, 1.82) is 0 Å². The van der Waals surface area contributed by atoms with Crippen LogP contribution in [0.25, 0.3) is 0 Å². The van der Waals surface area contributed by atoms with Gasteiger partial charge >= 0.3 is 0 Å². The fourth-order valence-corrected chi connectivity index (χ4v) is 4.45. The van der Waals surface area contributed by atoms with Crippen LogP contribution in [0.1, 0.15) is 44.9 Å². The summed E-state index contributed by atoms with van der Waals surface area (Å²) in [4.78, 5) is 24.9. The molecule has 1 unspecified atom stereocenters. The molecule has 2 aliphatic heterocycles. The quantitative estimate of drug-likeness (QED) is 0.728. The lowest BCUT2D eigenvalue weighted by molar-refractivity contribution is -0.899. The predicted octanol–water partition coefficient (Wildman–Crippen LogP) is 0.837. The molecule has 1 spiro atoms. The van der Waals surface area contributed by atoms with Crippen LogP contribution >= 0.6 is 0 Å². The van der Waals surface area contributed by atoms with Gasteiger partial charge in [-0.1, -0.05) is 6.42 Å². The number of hydrogen-bond acceptors (Lipinski definition) is 4. The Hall–Kier alpha value is -2.28. The number of carbonyl (C=O) groups is 2. The average molecular weight is 374 g/mol. The van der Waals surface area contributed by atoms with Gasteiger partial charge in [0.25, 0.3) is 11.7 Å². The number of rotatable bonds is 4. The Kier molecular flexibility index (Phi) is 4.95. The van der Waals surface area contributed by atoms with Gasteiger partial charge in [0.15, 0.2) is 18.0 Å². The maximum Gasteiger partial charge on any atom is 0.279 e. The Morgan fingerprint density at radius 2 is 1.93 bits per heavy atom. The molecular weight excluding hydrogens is 346 g/mol. The van der Waals surface area contributed by atoms with Crippen LogP contribution in [0.2, 0.25) is 0 Å².